The molecule has 1 atom stereocenters. The van der Waals surface area contributed by atoms with Crippen molar-refractivity contribution in [1.29, 1.82) is 0 Å². The lowest BCUT2D eigenvalue weighted by atomic mass is 10.1. The quantitative estimate of drug-likeness (QED) is 0.853. The third-order valence-electron chi connectivity index (χ3n) is 2.53. The topological polar surface area (TPSA) is 55.6 Å². The lowest BCUT2D eigenvalue weighted by molar-refractivity contribution is 0.513. The molecule has 17 heavy (non-hydrogen) atoms. The molecule has 0 saturated carbocycles. The Morgan fingerprint density at radius 2 is 2.35 bits per heavy atom. The molecule has 90 valence electrons. The van der Waals surface area contributed by atoms with Crippen molar-refractivity contribution in [2.45, 2.75) is 12.5 Å². The fourth-order valence-electron chi connectivity index (χ4n) is 1.69. The summed E-state index contributed by atoms with van der Waals surface area (Å²) in [4.78, 5) is 4.06. The van der Waals surface area contributed by atoms with Crippen LogP contribution in [0.2, 0.25) is 0 Å². The van der Waals surface area contributed by atoms with Crippen LogP contribution in [0.15, 0.2) is 24.5 Å². The van der Waals surface area contributed by atoms with Crippen LogP contribution in [-0.4, -0.2) is 27.0 Å². The van der Waals surface area contributed by atoms with Crippen LogP contribution >= 0.6 is 0 Å². The van der Waals surface area contributed by atoms with Crippen LogP contribution in [-0.2, 0) is 13.5 Å². The molecular weight excluding hydrogens is 221 g/mol. The van der Waals surface area contributed by atoms with Gasteiger partial charge in [-0.1, -0.05) is 5.21 Å². The molecule has 0 fully saturated rings. The highest BCUT2D eigenvalue weighted by molar-refractivity contribution is 5.14. The minimum Gasteiger partial charge on any atom is -0.311 e. The molecule has 6 heteroatoms. The van der Waals surface area contributed by atoms with E-state index in [0.717, 1.165) is 5.69 Å². The molecule has 0 saturated heterocycles. The van der Waals surface area contributed by atoms with Gasteiger partial charge >= 0.3 is 0 Å². The van der Waals surface area contributed by atoms with Gasteiger partial charge in [-0.3, -0.25) is 9.67 Å². The number of hydrogen-bond acceptors (Lipinski definition) is 4. The van der Waals surface area contributed by atoms with Gasteiger partial charge in [0, 0.05) is 25.9 Å². The fourth-order valence-corrected chi connectivity index (χ4v) is 1.69. The van der Waals surface area contributed by atoms with Gasteiger partial charge in [0.15, 0.2) is 0 Å². The van der Waals surface area contributed by atoms with Crippen molar-refractivity contribution in [3.8, 4) is 0 Å². The summed E-state index contributed by atoms with van der Waals surface area (Å²) in [6.07, 6.45) is 3.95. The van der Waals surface area contributed by atoms with Gasteiger partial charge in [-0.2, -0.15) is 0 Å². The van der Waals surface area contributed by atoms with Gasteiger partial charge in [0.1, 0.15) is 5.82 Å². The van der Waals surface area contributed by atoms with Crippen LogP contribution in [0.5, 0.6) is 0 Å². The molecule has 0 aliphatic carbocycles. The number of nitrogens with zero attached hydrogens (tertiary/aromatic N) is 4. The first kappa shape index (κ1) is 11.7. The lowest BCUT2D eigenvalue weighted by Crippen LogP contribution is -2.21. The van der Waals surface area contributed by atoms with E-state index >= 15 is 0 Å². The average molecular weight is 235 g/mol. The Morgan fingerprint density at radius 3 is 2.94 bits per heavy atom. The van der Waals surface area contributed by atoms with Gasteiger partial charge in [-0.05, 0) is 19.2 Å². The Hall–Kier alpha value is -1.82. The Balaban J connectivity index is 2.20. The Kier molecular flexibility index (Phi) is 3.43. The van der Waals surface area contributed by atoms with Crippen molar-refractivity contribution in [3.05, 3.63) is 41.7 Å². The molecular formula is C11H14FN5. The molecule has 0 aromatic carbocycles. The molecule has 2 rings (SSSR count). The minimum atomic E-state index is -0.309. The van der Waals surface area contributed by atoms with Gasteiger partial charge in [0.25, 0.3) is 0 Å². The first-order valence-corrected chi connectivity index (χ1v) is 5.33. The predicted molar refractivity (Wildman–Crippen MR) is 60.7 cm³/mol. The molecule has 0 bridgehead atoms. The highest BCUT2D eigenvalue weighted by atomic mass is 19.1. The Bertz CT molecular complexity index is 496. The van der Waals surface area contributed by atoms with Gasteiger partial charge < -0.3 is 5.32 Å². The number of halogens is 1. The second-order valence-electron chi connectivity index (χ2n) is 3.80. The normalized spacial score (nSPS) is 12.6. The first-order valence-electron chi connectivity index (χ1n) is 5.33. The van der Waals surface area contributed by atoms with Crippen LogP contribution in [0.3, 0.4) is 0 Å². The van der Waals surface area contributed by atoms with E-state index in [1.807, 2.05) is 6.20 Å². The van der Waals surface area contributed by atoms with E-state index in [4.69, 9.17) is 0 Å². The third kappa shape index (κ3) is 2.65. The summed E-state index contributed by atoms with van der Waals surface area (Å²) in [6.45, 7) is 0. The summed E-state index contributed by atoms with van der Waals surface area (Å²) in [5, 5.41) is 10.9. The third-order valence-corrected chi connectivity index (χ3v) is 2.53. The smallest absolute Gasteiger partial charge is 0.146 e. The van der Waals surface area contributed by atoms with Crippen molar-refractivity contribution in [1.82, 2.24) is 25.3 Å². The van der Waals surface area contributed by atoms with E-state index in [9.17, 15) is 4.39 Å². The van der Waals surface area contributed by atoms with Crippen molar-refractivity contribution in [3.63, 3.8) is 0 Å². The standard InChI is InChI=1S/C11H14FN5/c1-13-10(6-8-7-17(2)16-15-8)11-9(12)4-3-5-14-11/h3-5,7,10,13H,6H2,1-2H3. The molecule has 0 amide bonds. The Labute approximate surface area is 98.7 Å². The molecule has 2 aromatic heterocycles. The van der Waals surface area contributed by atoms with Gasteiger partial charge in [-0.15, -0.1) is 5.10 Å². The van der Waals surface area contributed by atoms with E-state index in [0.29, 0.717) is 12.1 Å². The second-order valence-corrected chi connectivity index (χ2v) is 3.80. The summed E-state index contributed by atoms with van der Waals surface area (Å²) in [7, 11) is 3.57. The van der Waals surface area contributed by atoms with E-state index in [-0.39, 0.29) is 11.9 Å². The molecule has 2 aromatic rings. The van der Waals surface area contributed by atoms with E-state index < -0.39 is 0 Å². The molecule has 0 radical (unpaired) electrons. The molecule has 2 heterocycles. The molecule has 0 spiro atoms. The van der Waals surface area contributed by atoms with E-state index in [2.05, 4.69) is 20.6 Å². The molecule has 1 N–H and O–H groups in total. The number of aromatic nitrogens is 4. The van der Waals surface area contributed by atoms with Crippen LogP contribution in [0.1, 0.15) is 17.4 Å². The van der Waals surface area contributed by atoms with Crippen LogP contribution < -0.4 is 5.32 Å². The average Bonchev–Trinajstić information content (AvgIpc) is 2.73. The first-order chi connectivity index (χ1) is 8.20. The number of aryl methyl sites for hydroxylation is 1. The second kappa shape index (κ2) is 5.01. The van der Waals surface area contributed by atoms with Crippen LogP contribution in [0.25, 0.3) is 0 Å². The summed E-state index contributed by atoms with van der Waals surface area (Å²) in [5.74, 6) is -0.309. The van der Waals surface area contributed by atoms with Gasteiger partial charge in [0.05, 0.1) is 17.4 Å². The largest absolute Gasteiger partial charge is 0.311 e. The van der Waals surface area contributed by atoms with Crippen molar-refractivity contribution in [2.75, 3.05) is 7.05 Å². The molecule has 0 aliphatic rings. The number of hydrogen-bond donors (Lipinski definition) is 1. The van der Waals surface area contributed by atoms with E-state index in [1.165, 1.54) is 6.07 Å². The van der Waals surface area contributed by atoms with Crippen LogP contribution in [0, 0.1) is 5.82 Å². The zero-order valence-electron chi connectivity index (χ0n) is 9.76. The molecule has 5 nitrogen and oxygen atoms in total. The van der Waals surface area contributed by atoms with E-state index in [1.54, 1.807) is 31.0 Å². The molecule has 0 aliphatic heterocycles. The number of pyridine rings is 1. The molecule has 1 unspecified atom stereocenters. The zero-order valence-corrected chi connectivity index (χ0v) is 9.76. The maximum Gasteiger partial charge on any atom is 0.146 e. The number of likely N-dealkylation sites (N-methyl/N-ethyl adjacent to an activating group) is 1. The predicted octanol–water partition coefficient (Wildman–Crippen LogP) is 0.852. The minimum absolute atomic E-state index is 0.201. The highest BCUT2D eigenvalue weighted by Gasteiger charge is 2.17. The number of rotatable bonds is 4. The summed E-state index contributed by atoms with van der Waals surface area (Å²) in [5.41, 5.74) is 1.21. The summed E-state index contributed by atoms with van der Waals surface area (Å²) >= 11 is 0. The zero-order chi connectivity index (χ0) is 12.3. The van der Waals surface area contributed by atoms with Gasteiger partial charge in [0.2, 0.25) is 0 Å². The van der Waals surface area contributed by atoms with Crippen molar-refractivity contribution >= 4 is 0 Å². The van der Waals surface area contributed by atoms with Crippen molar-refractivity contribution < 1.29 is 4.39 Å². The summed E-state index contributed by atoms with van der Waals surface area (Å²) in [6, 6.07) is 2.78. The fraction of sp³-hybridized carbons (Fsp3) is 0.364. The lowest BCUT2D eigenvalue weighted by Gasteiger charge is -2.14. The SMILES string of the molecule is CNC(Cc1cn(C)nn1)c1ncccc1F. The monoisotopic (exact) mass is 235 g/mol. The number of nitrogens with one attached hydrogen (secondary N) is 1. The summed E-state index contributed by atoms with van der Waals surface area (Å²) < 4.78 is 15.2. The van der Waals surface area contributed by atoms with Crippen molar-refractivity contribution in [2.24, 2.45) is 7.05 Å². The maximum atomic E-state index is 13.6. The maximum absolute atomic E-state index is 13.6. The highest BCUT2D eigenvalue weighted by Crippen LogP contribution is 2.17. The Morgan fingerprint density at radius 1 is 1.53 bits per heavy atom. The van der Waals surface area contributed by atoms with Crippen LogP contribution in [0.4, 0.5) is 4.39 Å². The van der Waals surface area contributed by atoms with Gasteiger partial charge in [-0.25, -0.2) is 4.39 Å².